The van der Waals surface area contributed by atoms with Crippen LogP contribution >= 0.6 is 11.8 Å². The van der Waals surface area contributed by atoms with Crippen LogP contribution in [0.4, 0.5) is 0 Å². The third-order valence-electron chi connectivity index (χ3n) is 2.48. The number of benzene rings is 1. The fourth-order valence-electron chi connectivity index (χ4n) is 1.37. The second-order valence-corrected chi connectivity index (χ2v) is 5.23. The topological polar surface area (TPSA) is 38.3 Å². The van der Waals surface area contributed by atoms with Crippen LogP contribution in [-0.4, -0.2) is 25.4 Å². The third kappa shape index (κ3) is 5.56. The molecule has 4 heteroatoms. The molecule has 18 heavy (non-hydrogen) atoms. The van der Waals surface area contributed by atoms with Crippen molar-refractivity contribution in [3.8, 4) is 0 Å². The smallest absolute Gasteiger partial charge is 0.308 e. The number of carbonyl (C=O) groups is 1. The zero-order valence-electron chi connectivity index (χ0n) is 11.2. The summed E-state index contributed by atoms with van der Waals surface area (Å²) in [6.07, 6.45) is 2.07. The SMILES string of the molecule is CSc1ccc(CNCCOC(=O)C(C)C)cc1. The molecule has 0 fully saturated rings. The molecule has 0 spiro atoms. The maximum atomic E-state index is 11.2. The zero-order valence-corrected chi connectivity index (χ0v) is 12.0. The van der Waals surface area contributed by atoms with Crippen molar-refractivity contribution in [1.29, 1.82) is 0 Å². The molecule has 0 atom stereocenters. The monoisotopic (exact) mass is 267 g/mol. The summed E-state index contributed by atoms with van der Waals surface area (Å²) in [6.45, 7) is 5.59. The first-order valence-corrected chi connectivity index (χ1v) is 7.36. The van der Waals surface area contributed by atoms with Crippen LogP contribution in [0, 0.1) is 5.92 Å². The second-order valence-electron chi connectivity index (χ2n) is 4.35. The van der Waals surface area contributed by atoms with E-state index in [-0.39, 0.29) is 11.9 Å². The number of ether oxygens (including phenoxy) is 1. The number of esters is 1. The van der Waals surface area contributed by atoms with Gasteiger partial charge in [-0.15, -0.1) is 11.8 Å². The summed E-state index contributed by atoms with van der Waals surface area (Å²) < 4.78 is 5.07. The first-order chi connectivity index (χ1) is 8.63. The van der Waals surface area contributed by atoms with Crippen LogP contribution in [0.2, 0.25) is 0 Å². The molecular formula is C14H21NO2S. The fraction of sp³-hybridized carbons (Fsp3) is 0.500. The van der Waals surface area contributed by atoms with Crippen LogP contribution in [0.5, 0.6) is 0 Å². The predicted octanol–water partition coefficient (Wildman–Crippen LogP) is 2.70. The maximum Gasteiger partial charge on any atom is 0.308 e. The van der Waals surface area contributed by atoms with E-state index in [0.29, 0.717) is 13.2 Å². The lowest BCUT2D eigenvalue weighted by molar-refractivity contribution is -0.147. The quantitative estimate of drug-likeness (QED) is 0.468. The van der Waals surface area contributed by atoms with Crippen molar-refractivity contribution >= 4 is 17.7 Å². The molecule has 0 radical (unpaired) electrons. The van der Waals surface area contributed by atoms with Gasteiger partial charge in [-0.05, 0) is 24.0 Å². The van der Waals surface area contributed by atoms with E-state index in [4.69, 9.17) is 4.74 Å². The summed E-state index contributed by atoms with van der Waals surface area (Å²) in [5.74, 6) is -0.190. The van der Waals surface area contributed by atoms with Gasteiger partial charge < -0.3 is 10.1 Å². The number of carbonyl (C=O) groups excluding carboxylic acids is 1. The van der Waals surface area contributed by atoms with Gasteiger partial charge in [-0.2, -0.15) is 0 Å². The van der Waals surface area contributed by atoms with Crippen molar-refractivity contribution < 1.29 is 9.53 Å². The van der Waals surface area contributed by atoms with E-state index in [2.05, 4.69) is 35.8 Å². The summed E-state index contributed by atoms with van der Waals surface area (Å²) >= 11 is 1.74. The van der Waals surface area contributed by atoms with Crippen molar-refractivity contribution in [3.05, 3.63) is 29.8 Å². The van der Waals surface area contributed by atoms with Gasteiger partial charge in [0.15, 0.2) is 0 Å². The Balaban J connectivity index is 2.15. The summed E-state index contributed by atoms with van der Waals surface area (Å²) in [4.78, 5) is 12.5. The molecule has 0 heterocycles. The minimum Gasteiger partial charge on any atom is -0.464 e. The van der Waals surface area contributed by atoms with Crippen LogP contribution in [0.1, 0.15) is 19.4 Å². The molecule has 1 aromatic rings. The van der Waals surface area contributed by atoms with Crippen molar-refractivity contribution in [1.82, 2.24) is 5.32 Å². The fourth-order valence-corrected chi connectivity index (χ4v) is 1.77. The molecule has 3 nitrogen and oxygen atoms in total. The largest absolute Gasteiger partial charge is 0.464 e. The van der Waals surface area contributed by atoms with Crippen molar-refractivity contribution in [2.45, 2.75) is 25.3 Å². The Morgan fingerprint density at radius 1 is 1.33 bits per heavy atom. The lowest BCUT2D eigenvalue weighted by Gasteiger charge is -2.08. The highest BCUT2D eigenvalue weighted by Crippen LogP contribution is 2.14. The third-order valence-corrected chi connectivity index (χ3v) is 3.23. The van der Waals surface area contributed by atoms with Gasteiger partial charge in [-0.25, -0.2) is 0 Å². The van der Waals surface area contributed by atoms with E-state index >= 15 is 0 Å². The molecule has 0 saturated carbocycles. The minimum atomic E-state index is -0.138. The molecule has 0 saturated heterocycles. The summed E-state index contributed by atoms with van der Waals surface area (Å²) in [5.41, 5.74) is 1.24. The lowest BCUT2D eigenvalue weighted by atomic mass is 10.2. The van der Waals surface area contributed by atoms with Crippen molar-refractivity contribution in [2.24, 2.45) is 5.92 Å². The molecule has 0 aliphatic rings. The molecule has 0 amide bonds. The van der Waals surface area contributed by atoms with Gasteiger partial charge in [0.05, 0.1) is 5.92 Å². The zero-order chi connectivity index (χ0) is 13.4. The Hall–Kier alpha value is -1.00. The molecule has 100 valence electrons. The van der Waals surface area contributed by atoms with Crippen LogP contribution in [0.15, 0.2) is 29.2 Å². The van der Waals surface area contributed by atoms with E-state index in [1.54, 1.807) is 11.8 Å². The highest BCUT2D eigenvalue weighted by atomic mass is 32.2. The number of rotatable bonds is 7. The van der Waals surface area contributed by atoms with Crippen LogP contribution in [-0.2, 0) is 16.1 Å². The van der Waals surface area contributed by atoms with Crippen molar-refractivity contribution in [2.75, 3.05) is 19.4 Å². The maximum absolute atomic E-state index is 11.2. The Bertz CT molecular complexity index is 363. The Kier molecular flexibility index (Phi) is 6.83. The molecular weight excluding hydrogens is 246 g/mol. The number of hydrogen-bond donors (Lipinski definition) is 1. The van der Waals surface area contributed by atoms with Crippen molar-refractivity contribution in [3.63, 3.8) is 0 Å². The number of nitrogens with one attached hydrogen (secondary N) is 1. The van der Waals surface area contributed by atoms with E-state index in [9.17, 15) is 4.79 Å². The Morgan fingerprint density at radius 2 is 2.00 bits per heavy atom. The molecule has 1 N–H and O–H groups in total. The molecule has 0 aromatic heterocycles. The van der Waals surface area contributed by atoms with Gasteiger partial charge in [0.1, 0.15) is 6.61 Å². The molecule has 0 aliphatic heterocycles. The normalized spacial score (nSPS) is 10.7. The van der Waals surface area contributed by atoms with Gasteiger partial charge in [-0.1, -0.05) is 26.0 Å². The van der Waals surface area contributed by atoms with E-state index in [1.165, 1.54) is 10.5 Å². The van der Waals surface area contributed by atoms with Gasteiger partial charge in [0.25, 0.3) is 0 Å². The summed E-state index contributed by atoms with van der Waals surface area (Å²) in [7, 11) is 0. The number of thioether (sulfide) groups is 1. The van der Waals surface area contributed by atoms with Gasteiger partial charge in [0, 0.05) is 18.0 Å². The predicted molar refractivity (Wildman–Crippen MR) is 75.7 cm³/mol. The Labute approximate surface area is 113 Å². The molecule has 1 aromatic carbocycles. The molecule has 0 aliphatic carbocycles. The second kappa shape index (κ2) is 8.16. The van der Waals surface area contributed by atoms with Gasteiger partial charge in [0.2, 0.25) is 0 Å². The van der Waals surface area contributed by atoms with Gasteiger partial charge >= 0.3 is 5.97 Å². The molecule has 0 bridgehead atoms. The van der Waals surface area contributed by atoms with Gasteiger partial charge in [-0.3, -0.25) is 4.79 Å². The highest BCUT2D eigenvalue weighted by Gasteiger charge is 2.06. The van der Waals surface area contributed by atoms with E-state index < -0.39 is 0 Å². The lowest BCUT2D eigenvalue weighted by Crippen LogP contribution is -2.22. The molecule has 0 unspecified atom stereocenters. The standard InChI is InChI=1S/C14H21NO2S/c1-11(2)14(16)17-9-8-15-10-12-4-6-13(18-3)7-5-12/h4-7,11,15H,8-10H2,1-3H3. The van der Waals surface area contributed by atoms with Crippen LogP contribution < -0.4 is 5.32 Å². The van der Waals surface area contributed by atoms with Crippen LogP contribution in [0.25, 0.3) is 0 Å². The summed E-state index contributed by atoms with van der Waals surface area (Å²) in [5, 5.41) is 3.25. The minimum absolute atomic E-state index is 0.0518. The van der Waals surface area contributed by atoms with E-state index in [1.807, 2.05) is 13.8 Å². The first-order valence-electron chi connectivity index (χ1n) is 6.13. The molecule has 1 rings (SSSR count). The average Bonchev–Trinajstić information content (AvgIpc) is 2.38. The highest BCUT2D eigenvalue weighted by molar-refractivity contribution is 7.98. The van der Waals surface area contributed by atoms with Crippen LogP contribution in [0.3, 0.4) is 0 Å². The average molecular weight is 267 g/mol. The Morgan fingerprint density at radius 3 is 2.56 bits per heavy atom. The first kappa shape index (κ1) is 15.1. The van der Waals surface area contributed by atoms with E-state index in [0.717, 1.165) is 6.54 Å². The number of hydrogen-bond acceptors (Lipinski definition) is 4. The summed E-state index contributed by atoms with van der Waals surface area (Å²) in [6, 6.07) is 8.44.